The maximum absolute atomic E-state index is 2.50. The summed E-state index contributed by atoms with van der Waals surface area (Å²) < 4.78 is 0. The van der Waals surface area contributed by atoms with Crippen LogP contribution < -0.4 is 0 Å². The van der Waals surface area contributed by atoms with Crippen LogP contribution >= 0.6 is 0 Å². The van der Waals surface area contributed by atoms with E-state index in [-0.39, 0.29) is 5.41 Å². The molecule has 2 atom stereocenters. The van der Waals surface area contributed by atoms with Crippen molar-refractivity contribution in [1.29, 1.82) is 0 Å². The average molecular weight is 1040 g/mol. The Morgan fingerprint density at radius 1 is 0.456 bits per heavy atom. The molecule has 0 fully saturated rings. The topological polar surface area (TPSA) is 0 Å². The Kier molecular flexibility index (Phi) is 17.7. The van der Waals surface area contributed by atoms with Gasteiger partial charge in [0.2, 0.25) is 0 Å². The maximum atomic E-state index is 2.50. The zero-order valence-electron chi connectivity index (χ0n) is 50.0. The molecule has 79 heavy (non-hydrogen) atoms. The molecule has 0 saturated carbocycles. The predicted octanol–water partition coefficient (Wildman–Crippen LogP) is 22.9. The Balaban J connectivity index is 0.000000147. The standard InChI is InChI=1S/C37H34.C16H20.2C11H10.2C2H6/c1-22-18-27-10-6-7-12-29(27)30-16-14-25(20-33(22)30)24(3)26-15-17-32-34(21-26)37(4,5)35-19-23(2)28-11-8-9-13-31(28)36(32)35;1-11-7-8-15-13(9-11)10-12(2)14-5-3-4-6-16(14)15;2*1-9-5-4-7-10-6-2-3-8-11(9)10;2*1-2/h7-9,11-21,24H,6,10H2,1-5H3;7-9,12H,3-6,10H2,1-2H3;2*2-8H,1H3;2*1-2H3. The second-order valence-electron chi connectivity index (χ2n) is 22.9. The molecule has 0 aromatic heterocycles. The summed E-state index contributed by atoms with van der Waals surface area (Å²) in [6, 6.07) is 64.9. The summed E-state index contributed by atoms with van der Waals surface area (Å²) in [5.41, 5.74) is 24.9. The fraction of sp³-hybridized carbons (Fsp3) is 0.291. The molecule has 2 unspecified atom stereocenters. The van der Waals surface area contributed by atoms with Crippen molar-refractivity contribution in [2.75, 3.05) is 0 Å². The summed E-state index contributed by atoms with van der Waals surface area (Å²) in [6.45, 7) is 28.6. The van der Waals surface area contributed by atoms with Crippen molar-refractivity contribution in [3.05, 3.63) is 260 Å². The molecule has 0 heterocycles. The Morgan fingerprint density at radius 3 is 1.70 bits per heavy atom. The molecule has 4 aliphatic carbocycles. The van der Waals surface area contributed by atoms with Crippen LogP contribution in [-0.2, 0) is 18.3 Å². The zero-order valence-corrected chi connectivity index (χ0v) is 50.0. The van der Waals surface area contributed by atoms with Gasteiger partial charge in [-0.2, -0.15) is 0 Å². The molecule has 0 heteroatoms. The van der Waals surface area contributed by atoms with Crippen molar-refractivity contribution in [1.82, 2.24) is 0 Å². The van der Waals surface area contributed by atoms with Gasteiger partial charge >= 0.3 is 0 Å². The van der Waals surface area contributed by atoms with Gasteiger partial charge in [0.05, 0.1) is 0 Å². The first-order valence-corrected chi connectivity index (χ1v) is 30.0. The molecule has 0 saturated heterocycles. The van der Waals surface area contributed by atoms with Gasteiger partial charge in [0.15, 0.2) is 0 Å². The lowest BCUT2D eigenvalue weighted by atomic mass is 9.73. The van der Waals surface area contributed by atoms with E-state index in [2.05, 4.69) is 250 Å². The van der Waals surface area contributed by atoms with E-state index < -0.39 is 0 Å². The van der Waals surface area contributed by atoms with Gasteiger partial charge in [-0.3, -0.25) is 0 Å². The van der Waals surface area contributed by atoms with Crippen LogP contribution in [0.4, 0.5) is 0 Å². The molecule has 0 spiro atoms. The molecule has 0 aliphatic heterocycles. The van der Waals surface area contributed by atoms with Gasteiger partial charge < -0.3 is 0 Å². The van der Waals surface area contributed by atoms with E-state index in [9.17, 15) is 0 Å². The van der Waals surface area contributed by atoms with Crippen molar-refractivity contribution in [3.63, 3.8) is 0 Å². The van der Waals surface area contributed by atoms with E-state index in [1.165, 1.54) is 148 Å². The normalized spacial score (nSPS) is 15.4. The third-order valence-corrected chi connectivity index (χ3v) is 17.5. The molecule has 14 rings (SSSR count). The van der Waals surface area contributed by atoms with Crippen LogP contribution in [0.25, 0.3) is 65.9 Å². The van der Waals surface area contributed by atoms with E-state index in [4.69, 9.17) is 0 Å². The quantitative estimate of drug-likeness (QED) is 0.162. The lowest BCUT2D eigenvalue weighted by Crippen LogP contribution is -2.16. The number of rotatable bonds is 2. The lowest BCUT2D eigenvalue weighted by molar-refractivity contribution is 0.580. The first kappa shape index (κ1) is 56.4. The summed E-state index contributed by atoms with van der Waals surface area (Å²) in [7, 11) is 0. The van der Waals surface area contributed by atoms with Crippen molar-refractivity contribution in [2.24, 2.45) is 5.92 Å². The molecule has 0 radical (unpaired) electrons. The molecule has 0 nitrogen and oxygen atoms in total. The third kappa shape index (κ3) is 11.5. The molecule has 10 aromatic rings. The number of hydrogen-bond acceptors (Lipinski definition) is 0. The third-order valence-electron chi connectivity index (χ3n) is 17.5. The smallest absolute Gasteiger partial charge is 0.0159 e. The van der Waals surface area contributed by atoms with Crippen LogP contribution in [0.1, 0.15) is 166 Å². The van der Waals surface area contributed by atoms with Gasteiger partial charge in [0, 0.05) is 11.3 Å². The first-order chi connectivity index (χ1) is 38.3. The van der Waals surface area contributed by atoms with Crippen LogP contribution in [0.5, 0.6) is 0 Å². The van der Waals surface area contributed by atoms with Crippen molar-refractivity contribution >= 4 is 54.7 Å². The zero-order chi connectivity index (χ0) is 56.0. The molecular formula is C79H86. The van der Waals surface area contributed by atoms with Gasteiger partial charge in [-0.25, -0.2) is 0 Å². The summed E-state index contributed by atoms with van der Waals surface area (Å²) in [5, 5.41) is 10.9. The van der Waals surface area contributed by atoms with E-state index >= 15 is 0 Å². The highest BCUT2D eigenvalue weighted by Crippen LogP contribution is 2.53. The van der Waals surface area contributed by atoms with Crippen LogP contribution in [0.3, 0.4) is 0 Å². The van der Waals surface area contributed by atoms with Crippen molar-refractivity contribution in [3.8, 4) is 11.1 Å². The van der Waals surface area contributed by atoms with E-state index in [1.807, 2.05) is 27.7 Å². The number of hydrogen-bond donors (Lipinski definition) is 0. The van der Waals surface area contributed by atoms with Crippen LogP contribution in [0.2, 0.25) is 0 Å². The van der Waals surface area contributed by atoms with E-state index in [0.717, 1.165) is 18.8 Å². The number of fused-ring (bicyclic) bond motifs is 12. The number of allylic oxidation sites excluding steroid dienone is 3. The second kappa shape index (κ2) is 24.8. The SMILES string of the molecule is CC.CC.Cc1cc2c(c3ccc(C(C)c4ccc5c(c4)C(C)(C)c4cc(C)c6ccccc6c4-5)cc13)C=CCC2.Cc1ccc2c(c1)CC(C)C1=C2CCCC1.Cc1cccc2ccccc12.Cc1cccc2ccccc12. The highest BCUT2D eigenvalue weighted by atomic mass is 14.4. The van der Waals surface area contributed by atoms with E-state index in [0.29, 0.717) is 5.92 Å². The monoisotopic (exact) mass is 1030 g/mol. The highest BCUT2D eigenvalue weighted by molar-refractivity contribution is 6.04. The van der Waals surface area contributed by atoms with Gasteiger partial charge in [0.25, 0.3) is 0 Å². The molecular weight excluding hydrogens is 949 g/mol. The predicted molar refractivity (Wildman–Crippen MR) is 349 cm³/mol. The molecule has 402 valence electrons. The average Bonchev–Trinajstić information content (AvgIpc) is 4.00. The molecule has 0 bridgehead atoms. The number of aryl methyl sites for hydroxylation is 6. The second-order valence-corrected chi connectivity index (χ2v) is 22.9. The summed E-state index contributed by atoms with van der Waals surface area (Å²) in [6.07, 6.45) is 13.7. The van der Waals surface area contributed by atoms with Gasteiger partial charge in [-0.05, 0) is 212 Å². The Morgan fingerprint density at radius 2 is 1.03 bits per heavy atom. The molecule has 0 N–H and O–H groups in total. The van der Waals surface area contributed by atoms with E-state index in [1.54, 1.807) is 22.3 Å². The van der Waals surface area contributed by atoms with Crippen LogP contribution in [0.15, 0.2) is 188 Å². The largest absolute Gasteiger partial charge is 0.0836 e. The minimum absolute atomic E-state index is 0.0133. The van der Waals surface area contributed by atoms with Gasteiger partial charge in [-0.15, -0.1) is 0 Å². The van der Waals surface area contributed by atoms with Crippen LogP contribution in [-0.4, -0.2) is 0 Å². The summed E-state index contributed by atoms with van der Waals surface area (Å²) >= 11 is 0. The maximum Gasteiger partial charge on any atom is 0.0159 e. The van der Waals surface area contributed by atoms with Crippen LogP contribution in [0, 0.1) is 40.5 Å². The molecule has 4 aliphatic rings. The van der Waals surface area contributed by atoms with Gasteiger partial charge in [-0.1, -0.05) is 255 Å². The Hall–Kier alpha value is -7.28. The summed E-state index contributed by atoms with van der Waals surface area (Å²) in [5.74, 6) is 1.11. The Bertz CT molecular complexity index is 3780. The molecule has 0 amide bonds. The van der Waals surface area contributed by atoms with Crippen molar-refractivity contribution < 1.29 is 0 Å². The number of benzene rings is 10. The van der Waals surface area contributed by atoms with Gasteiger partial charge in [0.1, 0.15) is 0 Å². The first-order valence-electron chi connectivity index (χ1n) is 30.0. The summed E-state index contributed by atoms with van der Waals surface area (Å²) in [4.78, 5) is 0. The minimum atomic E-state index is -0.0133. The fourth-order valence-electron chi connectivity index (χ4n) is 13.3. The minimum Gasteiger partial charge on any atom is -0.0836 e. The fourth-order valence-corrected chi connectivity index (χ4v) is 13.3. The Labute approximate surface area is 475 Å². The highest BCUT2D eigenvalue weighted by Gasteiger charge is 2.37. The lowest BCUT2D eigenvalue weighted by Gasteiger charge is -2.32. The van der Waals surface area contributed by atoms with Crippen molar-refractivity contribution in [2.45, 2.75) is 146 Å². The molecule has 10 aromatic carbocycles.